The van der Waals surface area contributed by atoms with Gasteiger partial charge in [-0.05, 0) is 80.2 Å². The quantitative estimate of drug-likeness (QED) is 0.0919. The SMILES string of the molecule is COc1ccc(C(OC[C@H]2O[C@@H](n3cnc4c(N)ncnc43)[C@H](OC(=O)C(CCSC)NC(=O)OC(C)(C)C)[C@@H]2O)(c2ccccc2)c2ccc(OC)cc2)cc1. The Morgan fingerprint density at radius 2 is 1.54 bits per heavy atom. The fraction of sp³-hybridized carbons (Fsp3) is 0.390. The highest BCUT2D eigenvalue weighted by atomic mass is 32.2. The number of benzene rings is 3. The van der Waals surface area contributed by atoms with Gasteiger partial charge in [0.25, 0.3) is 0 Å². The number of thioether (sulfide) groups is 1. The van der Waals surface area contributed by atoms with Gasteiger partial charge in [-0.1, -0.05) is 54.6 Å². The molecule has 3 heterocycles. The number of nitrogens with two attached hydrogens (primary N) is 1. The number of alkyl carbamates (subject to hydrolysis) is 1. The first-order chi connectivity index (χ1) is 27.4. The van der Waals surface area contributed by atoms with Crippen LogP contribution in [-0.2, 0) is 29.3 Å². The lowest BCUT2D eigenvalue weighted by molar-refractivity contribution is -0.161. The highest BCUT2D eigenvalue weighted by Crippen LogP contribution is 2.43. The van der Waals surface area contributed by atoms with E-state index in [-0.39, 0.29) is 18.8 Å². The van der Waals surface area contributed by atoms with Gasteiger partial charge in [-0.3, -0.25) is 4.57 Å². The minimum atomic E-state index is -1.43. The first-order valence-electron chi connectivity index (χ1n) is 18.3. The Labute approximate surface area is 335 Å². The number of nitrogen functional groups attached to an aromatic ring is 1. The van der Waals surface area contributed by atoms with Crippen LogP contribution in [0.3, 0.4) is 0 Å². The zero-order valence-corrected chi connectivity index (χ0v) is 33.5. The molecule has 1 fully saturated rings. The van der Waals surface area contributed by atoms with Gasteiger partial charge in [-0.2, -0.15) is 11.8 Å². The standard InChI is InChI=1S/C41H48N6O9S/c1-40(2,3)56-39(50)46-30(20-21-57-6)38(49)55-34-33(48)31(54-37(34)47-24-45-32-35(42)43-23-44-36(32)47)22-53-41(25-10-8-7-9-11-25,26-12-16-28(51-4)17-13-26)27-14-18-29(52-5)19-15-27/h7-19,23-24,30-31,33-34,37,48H,20-22H2,1-6H3,(H,46,50)(H2,42,43,44)/t30?,31-,33-,34-,37-/m1/s1. The van der Waals surface area contributed by atoms with Crippen molar-refractivity contribution in [1.82, 2.24) is 24.8 Å². The third-order valence-electron chi connectivity index (χ3n) is 9.45. The molecule has 57 heavy (non-hydrogen) atoms. The number of fused-ring (bicyclic) bond motifs is 1. The molecule has 0 saturated carbocycles. The minimum Gasteiger partial charge on any atom is -0.497 e. The second-order valence-corrected chi connectivity index (χ2v) is 15.3. The summed E-state index contributed by atoms with van der Waals surface area (Å²) < 4.78 is 37.7. The van der Waals surface area contributed by atoms with Gasteiger partial charge in [0.1, 0.15) is 52.8 Å². The maximum Gasteiger partial charge on any atom is 0.408 e. The van der Waals surface area contributed by atoms with Crippen molar-refractivity contribution in [3.63, 3.8) is 0 Å². The van der Waals surface area contributed by atoms with E-state index in [1.54, 1.807) is 35.0 Å². The van der Waals surface area contributed by atoms with Gasteiger partial charge in [0.2, 0.25) is 0 Å². The highest BCUT2D eigenvalue weighted by molar-refractivity contribution is 7.98. The van der Waals surface area contributed by atoms with E-state index in [0.717, 1.165) is 16.7 Å². The third kappa shape index (κ3) is 9.09. The summed E-state index contributed by atoms with van der Waals surface area (Å²) >= 11 is 1.50. The Hall–Kier alpha value is -5.42. The van der Waals surface area contributed by atoms with Crippen molar-refractivity contribution in [3.8, 4) is 11.5 Å². The molecule has 0 aliphatic carbocycles. The van der Waals surface area contributed by atoms with Crippen molar-refractivity contribution in [1.29, 1.82) is 0 Å². The number of anilines is 1. The molecule has 16 heteroatoms. The van der Waals surface area contributed by atoms with Crippen LogP contribution >= 0.6 is 11.8 Å². The van der Waals surface area contributed by atoms with E-state index >= 15 is 0 Å². The number of carbonyl (C=O) groups excluding carboxylic acids is 2. The van der Waals surface area contributed by atoms with E-state index in [1.807, 2.05) is 85.1 Å². The topological polar surface area (TPSA) is 191 Å². The molecule has 2 aromatic heterocycles. The van der Waals surface area contributed by atoms with Crippen LogP contribution in [0.2, 0.25) is 0 Å². The highest BCUT2D eigenvalue weighted by Gasteiger charge is 2.50. The summed E-state index contributed by atoms with van der Waals surface area (Å²) in [5.41, 5.74) is 7.00. The summed E-state index contributed by atoms with van der Waals surface area (Å²) in [4.78, 5) is 39.6. The predicted molar refractivity (Wildman–Crippen MR) is 214 cm³/mol. The molecule has 1 saturated heterocycles. The minimum absolute atomic E-state index is 0.135. The lowest BCUT2D eigenvalue weighted by Crippen LogP contribution is -2.47. The number of amides is 1. The molecule has 0 bridgehead atoms. The van der Waals surface area contributed by atoms with Crippen molar-refractivity contribution in [2.24, 2.45) is 0 Å². The van der Waals surface area contributed by atoms with Crippen LogP contribution in [0.15, 0.2) is 91.5 Å². The summed E-state index contributed by atoms with van der Waals surface area (Å²) in [6.07, 6.45) is -0.895. The van der Waals surface area contributed by atoms with Crippen LogP contribution in [-0.4, -0.2) is 99.5 Å². The van der Waals surface area contributed by atoms with E-state index in [9.17, 15) is 14.7 Å². The smallest absolute Gasteiger partial charge is 0.408 e. The van der Waals surface area contributed by atoms with Crippen molar-refractivity contribution in [2.45, 2.75) is 69.0 Å². The molecule has 3 aromatic carbocycles. The molecule has 0 spiro atoms. The molecule has 4 N–H and O–H groups in total. The zero-order valence-electron chi connectivity index (χ0n) is 32.7. The van der Waals surface area contributed by atoms with Gasteiger partial charge in [0, 0.05) is 0 Å². The Morgan fingerprint density at radius 1 is 0.930 bits per heavy atom. The fourth-order valence-corrected chi connectivity index (χ4v) is 7.17. The molecule has 1 amide bonds. The number of hydrogen-bond acceptors (Lipinski definition) is 14. The lowest BCUT2D eigenvalue weighted by atomic mass is 9.80. The van der Waals surface area contributed by atoms with Gasteiger partial charge in [-0.25, -0.2) is 24.5 Å². The van der Waals surface area contributed by atoms with Gasteiger partial charge in [0.15, 0.2) is 23.8 Å². The van der Waals surface area contributed by atoms with E-state index in [4.69, 9.17) is 34.2 Å². The Morgan fingerprint density at radius 3 is 2.12 bits per heavy atom. The molecule has 6 rings (SSSR count). The van der Waals surface area contributed by atoms with Crippen LogP contribution < -0.4 is 20.5 Å². The number of ether oxygens (including phenoxy) is 6. The molecule has 15 nitrogen and oxygen atoms in total. The predicted octanol–water partition coefficient (Wildman–Crippen LogP) is 5.25. The molecule has 5 aromatic rings. The summed E-state index contributed by atoms with van der Waals surface area (Å²) in [6, 6.07) is 23.7. The van der Waals surface area contributed by atoms with Crippen molar-refractivity contribution >= 4 is 40.8 Å². The fourth-order valence-electron chi connectivity index (χ4n) is 6.70. The average molecular weight is 801 g/mol. The number of carbonyl (C=O) groups is 2. The number of rotatable bonds is 15. The first kappa shape index (κ1) is 41.2. The average Bonchev–Trinajstić information content (AvgIpc) is 3.77. The number of aromatic nitrogens is 4. The van der Waals surface area contributed by atoms with Gasteiger partial charge in [-0.15, -0.1) is 0 Å². The summed E-state index contributed by atoms with van der Waals surface area (Å²) in [5.74, 6) is 1.19. The second kappa shape index (κ2) is 17.8. The molecule has 1 unspecified atom stereocenters. The Bertz CT molecular complexity index is 2060. The number of methoxy groups -OCH3 is 2. The number of esters is 1. The van der Waals surface area contributed by atoms with Crippen LogP contribution in [0.25, 0.3) is 11.2 Å². The van der Waals surface area contributed by atoms with Crippen LogP contribution in [0, 0.1) is 0 Å². The van der Waals surface area contributed by atoms with E-state index in [2.05, 4.69) is 20.3 Å². The number of nitrogens with zero attached hydrogens (tertiary/aromatic N) is 4. The number of imidazole rings is 1. The molecular weight excluding hydrogens is 753 g/mol. The van der Waals surface area contributed by atoms with Gasteiger partial charge < -0.3 is 44.6 Å². The summed E-state index contributed by atoms with van der Waals surface area (Å²) in [6.45, 7) is 4.99. The van der Waals surface area contributed by atoms with Gasteiger partial charge in [0.05, 0.1) is 27.2 Å². The molecule has 0 radical (unpaired) electrons. The number of hydrogen-bond donors (Lipinski definition) is 3. The molecule has 5 atom stereocenters. The summed E-state index contributed by atoms with van der Waals surface area (Å²) in [5, 5.41) is 14.7. The van der Waals surface area contributed by atoms with Crippen molar-refractivity contribution < 1.29 is 43.1 Å². The normalized spacial score (nSPS) is 18.9. The monoisotopic (exact) mass is 800 g/mol. The van der Waals surface area contributed by atoms with Gasteiger partial charge >= 0.3 is 12.1 Å². The van der Waals surface area contributed by atoms with Crippen LogP contribution in [0.1, 0.15) is 50.1 Å². The Balaban J connectivity index is 1.38. The van der Waals surface area contributed by atoms with Crippen molar-refractivity contribution in [2.75, 3.05) is 38.6 Å². The number of aliphatic hydroxyl groups excluding tert-OH is 1. The molecule has 302 valence electrons. The van der Waals surface area contributed by atoms with Crippen LogP contribution in [0.5, 0.6) is 11.5 Å². The summed E-state index contributed by atoms with van der Waals surface area (Å²) in [7, 11) is 3.20. The van der Waals surface area contributed by atoms with E-state index in [0.29, 0.717) is 28.4 Å². The maximum atomic E-state index is 14.0. The van der Waals surface area contributed by atoms with E-state index < -0.39 is 53.8 Å². The maximum absolute atomic E-state index is 14.0. The van der Waals surface area contributed by atoms with E-state index in [1.165, 1.54) is 29.0 Å². The molecule has 1 aliphatic heterocycles. The third-order valence-corrected chi connectivity index (χ3v) is 10.1. The number of nitrogens with one attached hydrogen (secondary N) is 1. The second-order valence-electron chi connectivity index (χ2n) is 14.3. The number of aliphatic hydroxyl groups is 1. The largest absolute Gasteiger partial charge is 0.497 e. The zero-order chi connectivity index (χ0) is 40.7. The van der Waals surface area contributed by atoms with Crippen molar-refractivity contribution in [3.05, 3.63) is 108 Å². The lowest BCUT2D eigenvalue weighted by Gasteiger charge is -2.37. The Kier molecular flexibility index (Phi) is 12.9. The molecular formula is C41H48N6O9S. The first-order valence-corrected chi connectivity index (χ1v) is 19.7. The molecule has 1 aliphatic rings. The van der Waals surface area contributed by atoms with Crippen LogP contribution in [0.4, 0.5) is 10.6 Å².